The molecule has 0 fully saturated rings. The minimum Gasteiger partial charge on any atom is -0.482 e. The third-order valence-corrected chi connectivity index (χ3v) is 4.46. The number of benzene rings is 2. The lowest BCUT2D eigenvalue weighted by molar-refractivity contribution is 0.102. The summed E-state index contributed by atoms with van der Waals surface area (Å²) in [5.41, 5.74) is 0.649. The molecule has 0 atom stereocenters. The number of carbonyl (C=O) groups is 1. The lowest BCUT2D eigenvalue weighted by Gasteiger charge is -2.05. The summed E-state index contributed by atoms with van der Waals surface area (Å²) >= 11 is 13.0. The molecule has 0 saturated heterocycles. The first-order chi connectivity index (χ1) is 12.1. The Balaban J connectivity index is 1.53. The van der Waals surface area contributed by atoms with E-state index < -0.39 is 0 Å². The van der Waals surface area contributed by atoms with Gasteiger partial charge in [-0.2, -0.15) is 0 Å². The predicted molar refractivity (Wildman–Crippen MR) is 96.6 cm³/mol. The van der Waals surface area contributed by atoms with E-state index in [1.54, 1.807) is 30.3 Å². The zero-order valence-electron chi connectivity index (χ0n) is 12.8. The molecule has 25 heavy (non-hydrogen) atoms. The molecule has 2 aromatic carbocycles. The molecule has 0 unspecified atom stereocenters. The molecular formula is C17H12Cl2N2O3S. The van der Waals surface area contributed by atoms with Crippen molar-refractivity contribution in [2.45, 2.75) is 11.8 Å². The minimum absolute atomic E-state index is 0.00505. The highest BCUT2D eigenvalue weighted by atomic mass is 35.5. The van der Waals surface area contributed by atoms with Crippen molar-refractivity contribution in [3.05, 3.63) is 70.0 Å². The Labute approximate surface area is 158 Å². The average molecular weight is 395 g/mol. The molecule has 0 aliphatic carbocycles. The van der Waals surface area contributed by atoms with Gasteiger partial charge in [0.25, 0.3) is 11.1 Å². The van der Waals surface area contributed by atoms with Crippen molar-refractivity contribution in [3.8, 4) is 5.75 Å². The maximum Gasteiger partial charge on any atom is 0.277 e. The molecule has 5 nitrogen and oxygen atoms in total. The summed E-state index contributed by atoms with van der Waals surface area (Å²) in [6.07, 6.45) is 0. The molecule has 0 spiro atoms. The van der Waals surface area contributed by atoms with Gasteiger partial charge in [-0.3, -0.25) is 4.79 Å². The van der Waals surface area contributed by atoms with E-state index in [0.29, 0.717) is 32.5 Å². The standard InChI is InChI=1S/C17H12Cl2N2O3S/c18-12-6-7-15(13(19)8-12)23-9-16-20-21-17(24-16)25-10-14(22)11-4-2-1-3-5-11/h1-8H,9-10H2. The fourth-order valence-corrected chi connectivity index (χ4v) is 3.06. The van der Waals surface area contributed by atoms with E-state index in [-0.39, 0.29) is 18.1 Å². The van der Waals surface area contributed by atoms with Crippen LogP contribution in [-0.4, -0.2) is 21.7 Å². The van der Waals surface area contributed by atoms with Crippen molar-refractivity contribution in [2.75, 3.05) is 5.75 Å². The smallest absolute Gasteiger partial charge is 0.277 e. The molecule has 3 aromatic rings. The van der Waals surface area contributed by atoms with Gasteiger partial charge in [0.2, 0.25) is 0 Å². The molecule has 0 aliphatic rings. The van der Waals surface area contributed by atoms with Crippen LogP contribution in [0.4, 0.5) is 0 Å². The van der Waals surface area contributed by atoms with Crippen molar-refractivity contribution < 1.29 is 13.9 Å². The third-order valence-electron chi connectivity index (χ3n) is 3.12. The van der Waals surface area contributed by atoms with Crippen LogP contribution in [0, 0.1) is 0 Å². The molecule has 128 valence electrons. The SMILES string of the molecule is O=C(CSc1nnc(COc2ccc(Cl)cc2Cl)o1)c1ccccc1. The van der Waals surface area contributed by atoms with Gasteiger partial charge < -0.3 is 9.15 Å². The number of ketones is 1. The van der Waals surface area contributed by atoms with Crippen LogP contribution in [0.3, 0.4) is 0 Å². The normalized spacial score (nSPS) is 10.6. The molecule has 3 rings (SSSR count). The van der Waals surface area contributed by atoms with E-state index in [1.165, 1.54) is 11.8 Å². The Bertz CT molecular complexity index is 871. The molecule has 1 aromatic heterocycles. The summed E-state index contributed by atoms with van der Waals surface area (Å²) in [5, 5.41) is 9.01. The van der Waals surface area contributed by atoms with Crippen molar-refractivity contribution in [1.29, 1.82) is 0 Å². The van der Waals surface area contributed by atoms with Crippen LogP contribution in [0.15, 0.2) is 58.2 Å². The topological polar surface area (TPSA) is 65.2 Å². The van der Waals surface area contributed by atoms with Crippen LogP contribution in [0.1, 0.15) is 16.2 Å². The molecule has 0 amide bonds. The summed E-state index contributed by atoms with van der Waals surface area (Å²) in [5.74, 6) is 0.975. The summed E-state index contributed by atoms with van der Waals surface area (Å²) < 4.78 is 11.0. The average Bonchev–Trinajstić information content (AvgIpc) is 3.07. The largest absolute Gasteiger partial charge is 0.482 e. The van der Waals surface area contributed by atoms with E-state index in [2.05, 4.69) is 10.2 Å². The van der Waals surface area contributed by atoms with Crippen molar-refractivity contribution >= 4 is 40.7 Å². The van der Waals surface area contributed by atoms with Gasteiger partial charge in [0, 0.05) is 10.6 Å². The maximum absolute atomic E-state index is 12.0. The molecule has 0 aliphatic heterocycles. The van der Waals surface area contributed by atoms with Gasteiger partial charge in [0.05, 0.1) is 10.8 Å². The number of halogens is 2. The summed E-state index contributed by atoms with van der Waals surface area (Å²) in [4.78, 5) is 12.0. The van der Waals surface area contributed by atoms with E-state index in [0.717, 1.165) is 0 Å². The van der Waals surface area contributed by atoms with E-state index in [1.807, 2.05) is 18.2 Å². The van der Waals surface area contributed by atoms with Crippen LogP contribution in [0.25, 0.3) is 0 Å². The maximum atomic E-state index is 12.0. The Morgan fingerprint density at radius 2 is 1.92 bits per heavy atom. The van der Waals surface area contributed by atoms with Crippen molar-refractivity contribution in [3.63, 3.8) is 0 Å². The Kier molecular flexibility index (Phi) is 5.96. The molecule has 0 bridgehead atoms. The van der Waals surface area contributed by atoms with Crippen LogP contribution < -0.4 is 4.74 Å². The van der Waals surface area contributed by atoms with Crippen LogP contribution >= 0.6 is 35.0 Å². The van der Waals surface area contributed by atoms with Crippen LogP contribution in [0.2, 0.25) is 10.0 Å². The van der Waals surface area contributed by atoms with Gasteiger partial charge in [-0.15, -0.1) is 10.2 Å². The number of hydrogen-bond donors (Lipinski definition) is 0. The molecular weight excluding hydrogens is 383 g/mol. The number of nitrogens with zero attached hydrogens (tertiary/aromatic N) is 2. The van der Waals surface area contributed by atoms with Gasteiger partial charge in [0.1, 0.15) is 5.75 Å². The number of rotatable bonds is 7. The Hall–Kier alpha value is -2.02. The van der Waals surface area contributed by atoms with Gasteiger partial charge in [0.15, 0.2) is 12.4 Å². The first-order valence-corrected chi connectivity index (χ1v) is 8.97. The van der Waals surface area contributed by atoms with E-state index >= 15 is 0 Å². The summed E-state index contributed by atoms with van der Waals surface area (Å²) in [6.45, 7) is 0.0710. The number of aromatic nitrogens is 2. The molecule has 0 N–H and O–H groups in total. The second-order valence-electron chi connectivity index (χ2n) is 4.90. The highest BCUT2D eigenvalue weighted by molar-refractivity contribution is 7.99. The van der Waals surface area contributed by atoms with Crippen LogP contribution in [-0.2, 0) is 6.61 Å². The molecule has 1 heterocycles. The molecule has 8 heteroatoms. The second kappa shape index (κ2) is 8.38. The van der Waals surface area contributed by atoms with Gasteiger partial charge in [-0.05, 0) is 18.2 Å². The van der Waals surface area contributed by atoms with E-state index in [9.17, 15) is 4.79 Å². The Morgan fingerprint density at radius 3 is 2.68 bits per heavy atom. The quantitative estimate of drug-likeness (QED) is 0.418. The van der Waals surface area contributed by atoms with Gasteiger partial charge >= 0.3 is 0 Å². The third kappa shape index (κ3) is 4.98. The first-order valence-electron chi connectivity index (χ1n) is 7.23. The fraction of sp³-hybridized carbons (Fsp3) is 0.118. The number of thioether (sulfide) groups is 1. The van der Waals surface area contributed by atoms with Crippen molar-refractivity contribution in [2.24, 2.45) is 0 Å². The zero-order chi connectivity index (χ0) is 17.6. The number of hydrogen-bond acceptors (Lipinski definition) is 6. The minimum atomic E-state index is -0.00505. The Morgan fingerprint density at radius 1 is 1.12 bits per heavy atom. The lowest BCUT2D eigenvalue weighted by Crippen LogP contribution is -2.01. The molecule has 0 saturated carbocycles. The second-order valence-corrected chi connectivity index (χ2v) is 6.67. The summed E-state index contributed by atoms with van der Waals surface area (Å²) in [6, 6.07) is 14.0. The summed E-state index contributed by atoms with van der Waals surface area (Å²) in [7, 11) is 0. The van der Waals surface area contributed by atoms with Crippen molar-refractivity contribution in [1.82, 2.24) is 10.2 Å². The molecule has 0 radical (unpaired) electrons. The number of ether oxygens (including phenoxy) is 1. The lowest BCUT2D eigenvalue weighted by atomic mass is 10.2. The predicted octanol–water partition coefficient (Wildman–Crippen LogP) is 4.93. The van der Waals surface area contributed by atoms with Gasteiger partial charge in [-0.1, -0.05) is 65.3 Å². The highest BCUT2D eigenvalue weighted by Crippen LogP contribution is 2.28. The number of carbonyl (C=O) groups excluding carboxylic acids is 1. The number of Topliss-reactive ketones (excluding diaryl/α,β-unsaturated/α-hetero) is 1. The monoisotopic (exact) mass is 394 g/mol. The first kappa shape index (κ1) is 17.8. The highest BCUT2D eigenvalue weighted by Gasteiger charge is 2.12. The fourth-order valence-electron chi connectivity index (χ4n) is 1.92. The van der Waals surface area contributed by atoms with Gasteiger partial charge in [-0.25, -0.2) is 0 Å². The van der Waals surface area contributed by atoms with E-state index in [4.69, 9.17) is 32.4 Å². The van der Waals surface area contributed by atoms with Crippen LogP contribution in [0.5, 0.6) is 5.75 Å². The zero-order valence-corrected chi connectivity index (χ0v) is 15.1.